The van der Waals surface area contributed by atoms with Crippen LogP contribution >= 0.6 is 0 Å². The van der Waals surface area contributed by atoms with E-state index in [1.807, 2.05) is 36.4 Å². The normalized spacial score (nSPS) is 11.4. The van der Waals surface area contributed by atoms with E-state index in [1.54, 1.807) is 24.3 Å². The summed E-state index contributed by atoms with van der Waals surface area (Å²) in [6, 6.07) is 21.4. The second kappa shape index (κ2) is 9.23. The zero-order valence-electron chi connectivity index (χ0n) is 17.5. The highest BCUT2D eigenvalue weighted by atomic mass is 32.2. The first-order chi connectivity index (χ1) is 15.4. The van der Waals surface area contributed by atoms with E-state index in [1.165, 1.54) is 19.2 Å². The molecule has 0 fully saturated rings. The van der Waals surface area contributed by atoms with Gasteiger partial charge in [0.05, 0.1) is 28.8 Å². The molecule has 0 saturated heterocycles. The van der Waals surface area contributed by atoms with Crippen LogP contribution < -0.4 is 10.1 Å². The van der Waals surface area contributed by atoms with E-state index in [0.717, 1.165) is 22.4 Å². The highest BCUT2D eigenvalue weighted by molar-refractivity contribution is 7.91. The molecule has 0 unspecified atom stereocenters. The molecule has 1 amide bonds. The predicted molar refractivity (Wildman–Crippen MR) is 124 cm³/mol. The number of aromatic amines is 1. The molecule has 4 aromatic rings. The molecular formula is C24H23N3O4S. The molecule has 2 N–H and O–H groups in total. The van der Waals surface area contributed by atoms with Gasteiger partial charge in [-0.2, -0.15) is 0 Å². The van der Waals surface area contributed by atoms with Crippen molar-refractivity contribution in [2.45, 2.75) is 17.7 Å². The fourth-order valence-electron chi connectivity index (χ4n) is 3.35. The van der Waals surface area contributed by atoms with Crippen molar-refractivity contribution in [2.75, 3.05) is 18.2 Å². The number of aromatic nitrogens is 2. The third kappa shape index (κ3) is 4.97. The number of carbonyl (C=O) groups excluding carboxylic acids is 1. The number of benzene rings is 3. The number of imidazole rings is 1. The van der Waals surface area contributed by atoms with Gasteiger partial charge in [0, 0.05) is 17.7 Å². The van der Waals surface area contributed by atoms with E-state index in [2.05, 4.69) is 15.3 Å². The topological polar surface area (TPSA) is 101 Å². The first kappa shape index (κ1) is 21.6. The fraction of sp³-hybridized carbons (Fsp3) is 0.167. The summed E-state index contributed by atoms with van der Waals surface area (Å²) in [5.74, 6) is 1.02. The minimum absolute atomic E-state index is 0.0995. The van der Waals surface area contributed by atoms with Crippen molar-refractivity contribution in [3.05, 3.63) is 72.8 Å². The molecule has 0 aliphatic rings. The van der Waals surface area contributed by atoms with Crippen LogP contribution in [0.15, 0.2) is 77.7 Å². The molecule has 0 spiro atoms. The van der Waals surface area contributed by atoms with E-state index >= 15 is 0 Å². The van der Waals surface area contributed by atoms with Gasteiger partial charge in [0.15, 0.2) is 9.84 Å². The van der Waals surface area contributed by atoms with Crippen molar-refractivity contribution >= 4 is 32.5 Å². The van der Waals surface area contributed by atoms with Gasteiger partial charge in [0.2, 0.25) is 5.91 Å². The van der Waals surface area contributed by atoms with E-state index < -0.39 is 9.84 Å². The first-order valence-corrected chi connectivity index (χ1v) is 11.8. The molecule has 7 nitrogen and oxygen atoms in total. The molecule has 0 atom stereocenters. The molecule has 8 heteroatoms. The Labute approximate surface area is 186 Å². The number of ether oxygens (including phenoxy) is 1. The van der Waals surface area contributed by atoms with Gasteiger partial charge in [-0.1, -0.05) is 12.1 Å². The smallest absolute Gasteiger partial charge is 0.224 e. The van der Waals surface area contributed by atoms with Gasteiger partial charge in [-0.3, -0.25) is 4.79 Å². The molecule has 0 saturated carbocycles. The Hall–Kier alpha value is -3.65. The van der Waals surface area contributed by atoms with Crippen LogP contribution in [0.5, 0.6) is 5.75 Å². The van der Waals surface area contributed by atoms with Crippen LogP contribution in [0.4, 0.5) is 5.69 Å². The Balaban J connectivity index is 1.31. The third-order valence-electron chi connectivity index (χ3n) is 5.07. The van der Waals surface area contributed by atoms with E-state index in [4.69, 9.17) is 4.74 Å². The Bertz CT molecular complexity index is 1290. The van der Waals surface area contributed by atoms with Gasteiger partial charge in [-0.25, -0.2) is 13.4 Å². The zero-order chi connectivity index (χ0) is 22.6. The lowest BCUT2D eigenvalue weighted by Gasteiger charge is -2.07. The molecule has 0 radical (unpaired) electrons. The minimum Gasteiger partial charge on any atom is -0.497 e. The Morgan fingerprint density at radius 3 is 2.41 bits per heavy atom. The number of hydrogen-bond donors (Lipinski definition) is 2. The zero-order valence-corrected chi connectivity index (χ0v) is 18.4. The van der Waals surface area contributed by atoms with Crippen LogP contribution in [0.3, 0.4) is 0 Å². The van der Waals surface area contributed by atoms with E-state index in [9.17, 15) is 13.2 Å². The maximum atomic E-state index is 12.4. The number of H-pyrrole nitrogens is 1. The number of rotatable bonds is 8. The highest BCUT2D eigenvalue weighted by Gasteiger charge is 2.15. The molecule has 0 bridgehead atoms. The summed E-state index contributed by atoms with van der Waals surface area (Å²) in [6.45, 7) is 0. The van der Waals surface area contributed by atoms with Crippen molar-refractivity contribution in [1.82, 2.24) is 9.97 Å². The lowest BCUT2D eigenvalue weighted by molar-refractivity contribution is -0.116. The number of hydrogen-bond acceptors (Lipinski definition) is 5. The number of nitrogens with zero attached hydrogens (tertiary/aromatic N) is 1. The predicted octanol–water partition coefficient (Wildman–Crippen LogP) is 4.43. The summed E-state index contributed by atoms with van der Waals surface area (Å²) >= 11 is 0. The van der Waals surface area contributed by atoms with Crippen molar-refractivity contribution in [3.63, 3.8) is 0 Å². The van der Waals surface area contributed by atoms with Gasteiger partial charge in [-0.05, 0) is 67.1 Å². The second-order valence-electron chi connectivity index (χ2n) is 7.33. The summed E-state index contributed by atoms with van der Waals surface area (Å²) in [4.78, 5) is 20.3. The van der Waals surface area contributed by atoms with Gasteiger partial charge < -0.3 is 15.0 Å². The molecule has 0 aliphatic heterocycles. The van der Waals surface area contributed by atoms with Gasteiger partial charge in [0.1, 0.15) is 11.6 Å². The number of anilines is 1. The highest BCUT2D eigenvalue weighted by Crippen LogP contribution is 2.22. The standard InChI is InChI=1S/C24H23N3O4S/c1-31-19-12-14-20(15-13-19)32(29,30)16-4-7-23(28)25-18-10-8-17(9-11-18)24-26-21-5-2-3-6-22(21)27-24/h2-3,5-6,8-15H,4,7,16H2,1H3,(H,25,28)(H,26,27). The molecule has 0 aliphatic carbocycles. The summed E-state index contributed by atoms with van der Waals surface area (Å²) < 4.78 is 29.9. The number of para-hydroxylation sites is 2. The number of fused-ring (bicyclic) bond motifs is 1. The number of nitrogens with one attached hydrogen (secondary N) is 2. The summed E-state index contributed by atoms with van der Waals surface area (Å²) in [5.41, 5.74) is 3.41. The Morgan fingerprint density at radius 1 is 1.00 bits per heavy atom. The van der Waals surface area contributed by atoms with E-state index in [-0.39, 0.29) is 29.4 Å². The van der Waals surface area contributed by atoms with Crippen LogP contribution in [-0.2, 0) is 14.6 Å². The fourth-order valence-corrected chi connectivity index (χ4v) is 4.66. The van der Waals surface area contributed by atoms with Gasteiger partial charge in [-0.15, -0.1) is 0 Å². The number of methoxy groups -OCH3 is 1. The van der Waals surface area contributed by atoms with Crippen LogP contribution in [0, 0.1) is 0 Å². The monoisotopic (exact) mass is 449 g/mol. The Morgan fingerprint density at radius 2 is 1.72 bits per heavy atom. The second-order valence-corrected chi connectivity index (χ2v) is 9.44. The number of amides is 1. The molecule has 164 valence electrons. The number of sulfone groups is 1. The van der Waals surface area contributed by atoms with Gasteiger partial charge >= 0.3 is 0 Å². The molecule has 4 rings (SSSR count). The van der Waals surface area contributed by atoms with Crippen LogP contribution in [-0.4, -0.2) is 37.2 Å². The maximum absolute atomic E-state index is 12.4. The third-order valence-corrected chi connectivity index (χ3v) is 6.88. The van der Waals surface area contributed by atoms with Crippen molar-refractivity contribution in [1.29, 1.82) is 0 Å². The number of carbonyl (C=O) groups is 1. The van der Waals surface area contributed by atoms with Crippen molar-refractivity contribution < 1.29 is 17.9 Å². The maximum Gasteiger partial charge on any atom is 0.224 e. The Kier molecular flexibility index (Phi) is 6.23. The SMILES string of the molecule is COc1ccc(S(=O)(=O)CCCC(=O)Nc2ccc(-c3nc4ccccc4[nH]3)cc2)cc1. The quantitative estimate of drug-likeness (QED) is 0.414. The summed E-state index contributed by atoms with van der Waals surface area (Å²) in [7, 11) is -1.92. The molecule has 32 heavy (non-hydrogen) atoms. The van der Waals surface area contributed by atoms with Crippen molar-refractivity contribution in [3.8, 4) is 17.1 Å². The van der Waals surface area contributed by atoms with Crippen LogP contribution in [0.1, 0.15) is 12.8 Å². The lowest BCUT2D eigenvalue weighted by atomic mass is 10.2. The first-order valence-electron chi connectivity index (χ1n) is 10.2. The summed E-state index contributed by atoms with van der Waals surface area (Å²) in [5, 5.41) is 2.81. The molecular weight excluding hydrogens is 426 g/mol. The van der Waals surface area contributed by atoms with Crippen molar-refractivity contribution in [2.24, 2.45) is 0 Å². The molecule has 1 heterocycles. The largest absolute Gasteiger partial charge is 0.497 e. The molecule has 1 aromatic heterocycles. The summed E-state index contributed by atoms with van der Waals surface area (Å²) in [6.07, 6.45) is 0.345. The van der Waals surface area contributed by atoms with Crippen LogP contribution in [0.2, 0.25) is 0 Å². The van der Waals surface area contributed by atoms with Crippen LogP contribution in [0.25, 0.3) is 22.4 Å². The minimum atomic E-state index is -3.45. The molecule has 3 aromatic carbocycles. The average Bonchev–Trinajstić information content (AvgIpc) is 3.24. The lowest BCUT2D eigenvalue weighted by Crippen LogP contribution is -2.14. The average molecular weight is 450 g/mol. The van der Waals surface area contributed by atoms with Gasteiger partial charge in [0.25, 0.3) is 0 Å². The van der Waals surface area contributed by atoms with E-state index in [0.29, 0.717) is 11.4 Å².